The molecular formula is C27H23N3O2S. The Kier molecular flexibility index (Phi) is 5.52. The second-order valence-electron chi connectivity index (χ2n) is 8.15. The van der Waals surface area contributed by atoms with Gasteiger partial charge in [0.05, 0.1) is 17.1 Å². The van der Waals surface area contributed by atoms with Crippen LogP contribution in [0.3, 0.4) is 0 Å². The number of anilines is 1. The summed E-state index contributed by atoms with van der Waals surface area (Å²) < 4.78 is 10.9. The van der Waals surface area contributed by atoms with Crippen molar-refractivity contribution in [1.29, 1.82) is 0 Å². The Labute approximate surface area is 195 Å². The van der Waals surface area contributed by atoms with Gasteiger partial charge in [-0.05, 0) is 68.2 Å². The molecule has 0 bridgehead atoms. The van der Waals surface area contributed by atoms with Gasteiger partial charge in [-0.1, -0.05) is 24.3 Å². The molecule has 6 heteroatoms. The van der Waals surface area contributed by atoms with Crippen molar-refractivity contribution in [3.63, 3.8) is 0 Å². The molecule has 0 saturated carbocycles. The average molecular weight is 454 g/mol. The lowest BCUT2D eigenvalue weighted by Crippen LogP contribution is -2.12. The summed E-state index contributed by atoms with van der Waals surface area (Å²) in [5, 5.41) is 6.18. The van der Waals surface area contributed by atoms with Crippen molar-refractivity contribution in [2.45, 2.75) is 26.8 Å². The second-order valence-corrected chi connectivity index (χ2v) is 8.82. The Hall–Kier alpha value is -3.77. The van der Waals surface area contributed by atoms with Gasteiger partial charge in [0.25, 0.3) is 0 Å². The fraction of sp³-hybridized carbons (Fsp3) is 0.148. The normalized spacial score (nSPS) is 12.1. The lowest BCUT2D eigenvalue weighted by atomic mass is 9.98. The molecule has 33 heavy (non-hydrogen) atoms. The summed E-state index contributed by atoms with van der Waals surface area (Å²) >= 11 is 1.43. The first-order valence-corrected chi connectivity index (χ1v) is 11.6. The van der Waals surface area contributed by atoms with Crippen molar-refractivity contribution in [2.24, 2.45) is 0 Å². The van der Waals surface area contributed by atoms with Crippen LogP contribution in [0.25, 0.3) is 33.6 Å². The van der Waals surface area contributed by atoms with Crippen LogP contribution in [0.15, 0.2) is 81.6 Å². The zero-order valence-electron chi connectivity index (χ0n) is 18.6. The van der Waals surface area contributed by atoms with E-state index < -0.39 is 0 Å². The molecule has 0 spiro atoms. The van der Waals surface area contributed by atoms with Crippen molar-refractivity contribution in [1.82, 2.24) is 9.36 Å². The number of hydrogen-bond acceptors (Lipinski definition) is 6. The molecule has 0 saturated heterocycles. The van der Waals surface area contributed by atoms with Crippen LogP contribution in [-0.2, 0) is 0 Å². The number of nitrogens with one attached hydrogen (secondary N) is 1. The minimum absolute atomic E-state index is 0.0184. The van der Waals surface area contributed by atoms with Crippen LogP contribution >= 0.6 is 11.5 Å². The van der Waals surface area contributed by atoms with E-state index in [4.69, 9.17) is 4.42 Å². The van der Waals surface area contributed by atoms with Gasteiger partial charge in [-0.3, -0.25) is 9.78 Å². The Balaban J connectivity index is 1.64. The Morgan fingerprint density at radius 3 is 2.67 bits per heavy atom. The van der Waals surface area contributed by atoms with Gasteiger partial charge in [0.15, 0.2) is 5.43 Å². The molecule has 0 radical (unpaired) electrons. The van der Waals surface area contributed by atoms with E-state index >= 15 is 0 Å². The summed E-state index contributed by atoms with van der Waals surface area (Å²) in [6, 6.07) is 17.8. The van der Waals surface area contributed by atoms with Crippen molar-refractivity contribution in [2.75, 3.05) is 5.32 Å². The third-order valence-corrected chi connectivity index (χ3v) is 6.35. The minimum atomic E-state index is -0.111. The number of aromatic nitrogens is 2. The van der Waals surface area contributed by atoms with Crippen molar-refractivity contribution >= 4 is 28.2 Å². The topological polar surface area (TPSA) is 68.0 Å². The average Bonchev–Trinajstić information content (AvgIpc) is 3.37. The fourth-order valence-electron chi connectivity index (χ4n) is 4.16. The van der Waals surface area contributed by atoms with E-state index in [2.05, 4.69) is 33.7 Å². The first-order valence-electron chi connectivity index (χ1n) is 10.8. The van der Waals surface area contributed by atoms with Gasteiger partial charge < -0.3 is 9.73 Å². The number of para-hydroxylation sites is 1. The van der Waals surface area contributed by atoms with Crippen molar-refractivity contribution in [3.05, 3.63) is 99.3 Å². The Morgan fingerprint density at radius 2 is 1.91 bits per heavy atom. The van der Waals surface area contributed by atoms with Crippen LogP contribution in [0.5, 0.6) is 0 Å². The highest BCUT2D eigenvalue weighted by Crippen LogP contribution is 2.34. The van der Waals surface area contributed by atoms with Crippen LogP contribution in [-0.4, -0.2) is 9.36 Å². The molecule has 0 aliphatic rings. The molecule has 3 aromatic heterocycles. The van der Waals surface area contributed by atoms with Crippen LogP contribution in [0.1, 0.15) is 29.7 Å². The Morgan fingerprint density at radius 1 is 1.06 bits per heavy atom. The molecule has 1 atom stereocenters. The van der Waals surface area contributed by atoms with Gasteiger partial charge in [-0.25, -0.2) is 0 Å². The Bertz CT molecular complexity index is 1490. The predicted octanol–water partition coefficient (Wildman–Crippen LogP) is 6.77. The molecule has 164 valence electrons. The zero-order chi connectivity index (χ0) is 22.9. The monoisotopic (exact) mass is 453 g/mol. The number of pyridine rings is 1. The molecule has 1 unspecified atom stereocenters. The molecule has 0 aliphatic heterocycles. The number of nitrogens with zero attached hydrogens (tertiary/aromatic N) is 2. The molecular weight excluding hydrogens is 430 g/mol. The van der Waals surface area contributed by atoms with Gasteiger partial charge >= 0.3 is 0 Å². The van der Waals surface area contributed by atoms with E-state index in [1.807, 2.05) is 54.8 Å². The van der Waals surface area contributed by atoms with Gasteiger partial charge in [0.1, 0.15) is 11.3 Å². The van der Waals surface area contributed by atoms with E-state index in [1.165, 1.54) is 11.5 Å². The summed E-state index contributed by atoms with van der Waals surface area (Å²) in [4.78, 5) is 17.5. The largest absolute Gasteiger partial charge is 0.455 e. The van der Waals surface area contributed by atoms with E-state index in [1.54, 1.807) is 19.3 Å². The van der Waals surface area contributed by atoms with Gasteiger partial charge in [0, 0.05) is 45.7 Å². The third kappa shape index (κ3) is 3.94. The molecule has 0 aliphatic carbocycles. The predicted molar refractivity (Wildman–Crippen MR) is 135 cm³/mol. The summed E-state index contributed by atoms with van der Waals surface area (Å²) in [7, 11) is 0. The van der Waals surface area contributed by atoms with Gasteiger partial charge in [-0.15, -0.1) is 0 Å². The van der Waals surface area contributed by atoms with Crippen LogP contribution < -0.4 is 10.7 Å². The fourth-order valence-corrected chi connectivity index (χ4v) is 4.68. The zero-order valence-corrected chi connectivity index (χ0v) is 19.4. The molecule has 1 N–H and O–H groups in total. The minimum Gasteiger partial charge on any atom is -0.455 e. The molecule has 5 nitrogen and oxygen atoms in total. The second kappa shape index (κ2) is 8.64. The summed E-state index contributed by atoms with van der Waals surface area (Å²) in [5.41, 5.74) is 6.85. The summed E-state index contributed by atoms with van der Waals surface area (Å²) in [5.74, 6) is 0.556. The molecule has 0 fully saturated rings. The third-order valence-electron chi connectivity index (χ3n) is 5.80. The molecule has 0 amide bonds. The highest BCUT2D eigenvalue weighted by molar-refractivity contribution is 7.03. The maximum atomic E-state index is 13.3. The maximum Gasteiger partial charge on any atom is 0.196 e. The van der Waals surface area contributed by atoms with Gasteiger partial charge in [-0.2, -0.15) is 4.37 Å². The maximum absolute atomic E-state index is 13.3. The standard InChI is InChI=1S/C27H23N3O2S/c1-16-13-21(18(3)29-23-9-5-4-8-20(23)24-10-12-33-30-24)27-22(14-16)25(31)17(2)26(32-27)19-7-6-11-28-15-19/h4-15,18,29H,1-3H3. The number of rotatable bonds is 5. The number of aryl methyl sites for hydroxylation is 1. The summed E-state index contributed by atoms with van der Waals surface area (Å²) in [6.45, 7) is 5.89. The smallest absolute Gasteiger partial charge is 0.196 e. The highest BCUT2D eigenvalue weighted by Gasteiger charge is 2.20. The van der Waals surface area contributed by atoms with Crippen LogP contribution in [0, 0.1) is 13.8 Å². The highest BCUT2D eigenvalue weighted by atomic mass is 32.1. The number of fused-ring (bicyclic) bond motifs is 1. The molecule has 5 rings (SSSR count). The SMILES string of the molecule is Cc1cc(C(C)Nc2ccccc2-c2ccsn2)c2oc(-c3cccnc3)c(C)c(=O)c2c1. The van der Waals surface area contributed by atoms with Crippen molar-refractivity contribution in [3.8, 4) is 22.6 Å². The van der Waals surface area contributed by atoms with E-state index in [0.29, 0.717) is 22.3 Å². The lowest BCUT2D eigenvalue weighted by Gasteiger charge is -2.20. The lowest BCUT2D eigenvalue weighted by molar-refractivity contribution is 0.605. The first kappa shape index (κ1) is 21.1. The van der Waals surface area contributed by atoms with Crippen LogP contribution in [0.4, 0.5) is 5.69 Å². The summed E-state index contributed by atoms with van der Waals surface area (Å²) in [6.07, 6.45) is 3.43. The van der Waals surface area contributed by atoms with E-state index in [9.17, 15) is 4.79 Å². The molecule has 3 heterocycles. The number of hydrogen-bond donors (Lipinski definition) is 1. The van der Waals surface area contributed by atoms with Gasteiger partial charge in [0.2, 0.25) is 0 Å². The van der Waals surface area contributed by atoms with Crippen LogP contribution in [0.2, 0.25) is 0 Å². The van der Waals surface area contributed by atoms with E-state index in [0.717, 1.165) is 33.6 Å². The number of benzene rings is 2. The van der Waals surface area contributed by atoms with Crippen molar-refractivity contribution < 1.29 is 4.42 Å². The molecule has 2 aromatic carbocycles. The first-order chi connectivity index (χ1) is 16.0. The quantitative estimate of drug-likeness (QED) is 0.318. The van der Waals surface area contributed by atoms with E-state index in [-0.39, 0.29) is 11.5 Å². The molecule has 5 aromatic rings.